The average molecular weight is 443 g/mol. The molecule has 0 radical (unpaired) electrons. The normalized spacial score (nSPS) is 14.5. The van der Waals surface area contributed by atoms with Gasteiger partial charge in [0, 0.05) is 0 Å². The molecule has 0 fully saturated rings. The second-order valence-corrected chi connectivity index (χ2v) is 20.7. The molecule has 2 heteroatoms. The second-order valence-electron chi connectivity index (χ2n) is 7.46. The van der Waals surface area contributed by atoms with E-state index in [1.807, 2.05) is 6.92 Å². The topological polar surface area (TPSA) is 20.2 Å². The Morgan fingerprint density at radius 2 is 1.29 bits per heavy atom. The van der Waals surface area contributed by atoms with E-state index in [0.29, 0.717) is 0 Å². The third-order valence-corrected chi connectivity index (χ3v) is 21.6. The summed E-state index contributed by atoms with van der Waals surface area (Å²) in [6.07, 6.45) is 18.3. The molecule has 0 amide bonds. The molecule has 1 atom stereocenters. The maximum absolute atomic E-state index is 10.6. The minimum atomic E-state index is -2.46. The number of hydrogen-bond donors (Lipinski definition) is 1. The van der Waals surface area contributed by atoms with E-state index in [9.17, 15) is 5.11 Å². The molecule has 0 rings (SSSR count). The number of unbranched alkanes of at least 4 members (excludes halogenated alkanes) is 5. The van der Waals surface area contributed by atoms with Crippen LogP contribution in [-0.4, -0.2) is 29.6 Å². The van der Waals surface area contributed by atoms with Gasteiger partial charge < -0.3 is 0 Å². The van der Waals surface area contributed by atoms with E-state index < -0.39 is 18.4 Å². The maximum atomic E-state index is 10.6. The Morgan fingerprint density at radius 1 is 0.833 bits per heavy atom. The molecule has 0 aliphatic carbocycles. The van der Waals surface area contributed by atoms with Crippen molar-refractivity contribution in [1.29, 1.82) is 0 Å². The van der Waals surface area contributed by atoms with E-state index in [0.717, 1.165) is 0 Å². The molecule has 1 nitrogen and oxygen atoms in total. The molecule has 0 aromatic heterocycles. The molecule has 24 heavy (non-hydrogen) atoms. The Labute approximate surface area is 156 Å². The van der Waals surface area contributed by atoms with E-state index in [1.54, 1.807) is 0 Å². The van der Waals surface area contributed by atoms with Crippen LogP contribution >= 0.6 is 0 Å². The first kappa shape index (κ1) is 24.2. The molecule has 0 aliphatic rings. The summed E-state index contributed by atoms with van der Waals surface area (Å²) in [7, 11) is 0. The predicted molar refractivity (Wildman–Crippen MR) is 113 cm³/mol. The summed E-state index contributed by atoms with van der Waals surface area (Å²) in [4.78, 5) is 0. The number of hydrogen-bond acceptors (Lipinski definition) is 1. The van der Waals surface area contributed by atoms with E-state index in [4.69, 9.17) is 0 Å². The fourth-order valence-electron chi connectivity index (χ4n) is 3.70. The molecule has 0 aromatic rings. The van der Waals surface area contributed by atoms with Crippen molar-refractivity contribution >= 4 is 18.4 Å². The Kier molecular flexibility index (Phi) is 15.6. The SMILES string of the molecule is CCCC/C=C/C=[C](\C(C)O)[Sn]([CH2]CCC)([CH2]CCC)[CH2]CCC. The zero-order chi connectivity index (χ0) is 18.3. The Morgan fingerprint density at radius 3 is 1.67 bits per heavy atom. The molecule has 0 saturated carbocycles. The van der Waals surface area contributed by atoms with Gasteiger partial charge in [-0.15, -0.1) is 0 Å². The van der Waals surface area contributed by atoms with Gasteiger partial charge in [-0.25, -0.2) is 0 Å². The summed E-state index contributed by atoms with van der Waals surface area (Å²) in [5.74, 6) is 0. The van der Waals surface area contributed by atoms with Crippen molar-refractivity contribution in [2.45, 2.75) is 112 Å². The summed E-state index contributed by atoms with van der Waals surface area (Å²) in [6.45, 7) is 11.2. The molecule has 0 spiro atoms. The fourth-order valence-corrected chi connectivity index (χ4v) is 20.9. The number of allylic oxidation sites excluding steroid dienone is 3. The standard InChI is InChI=1S/C10H17O.3C4H9.Sn/c1-3-4-5-6-7-8-9-10(2)11;3*1-3-4-2;/h6-8,10-11H,3-5H2,1-2H3;3*1,3-4H2,2H3;/b7-6+,9-8?;;;;. The number of aliphatic hydroxyl groups excluding tert-OH is 1. The molecular weight excluding hydrogens is 399 g/mol. The van der Waals surface area contributed by atoms with Crippen LogP contribution in [0, 0.1) is 0 Å². The van der Waals surface area contributed by atoms with Crippen LogP contribution in [0.2, 0.25) is 13.3 Å². The van der Waals surface area contributed by atoms with E-state index in [2.05, 4.69) is 45.9 Å². The third-order valence-electron chi connectivity index (χ3n) is 5.23. The summed E-state index contributed by atoms with van der Waals surface area (Å²) in [5, 5.41) is 10.6. The molecule has 0 saturated heterocycles. The fraction of sp³-hybridized carbons (Fsp3) is 0.818. The van der Waals surface area contributed by atoms with Gasteiger partial charge in [0.1, 0.15) is 0 Å². The summed E-state index contributed by atoms with van der Waals surface area (Å²) < 4.78 is 5.80. The van der Waals surface area contributed by atoms with E-state index >= 15 is 0 Å². The zero-order valence-electron chi connectivity index (χ0n) is 17.2. The van der Waals surface area contributed by atoms with Crippen LogP contribution < -0.4 is 0 Å². The van der Waals surface area contributed by atoms with Crippen molar-refractivity contribution in [1.82, 2.24) is 0 Å². The zero-order valence-corrected chi connectivity index (χ0v) is 20.1. The predicted octanol–water partition coefficient (Wildman–Crippen LogP) is 7.43. The monoisotopic (exact) mass is 444 g/mol. The van der Waals surface area contributed by atoms with Crippen molar-refractivity contribution in [3.05, 3.63) is 21.8 Å². The van der Waals surface area contributed by atoms with Crippen molar-refractivity contribution in [3.63, 3.8) is 0 Å². The van der Waals surface area contributed by atoms with Gasteiger partial charge in [0.25, 0.3) is 0 Å². The molecule has 1 N–H and O–H groups in total. The second kappa shape index (κ2) is 15.5. The summed E-state index contributed by atoms with van der Waals surface area (Å²) >= 11 is -2.46. The first-order valence-electron chi connectivity index (χ1n) is 10.6. The van der Waals surface area contributed by atoms with E-state index in [-0.39, 0.29) is 6.10 Å². The summed E-state index contributed by atoms with van der Waals surface area (Å²) in [5.41, 5.74) is 0. The Balaban J connectivity index is 5.48. The minimum absolute atomic E-state index is 0.248. The third kappa shape index (κ3) is 9.65. The van der Waals surface area contributed by atoms with Gasteiger partial charge in [0.2, 0.25) is 0 Å². The van der Waals surface area contributed by atoms with Crippen LogP contribution in [-0.2, 0) is 0 Å². The van der Waals surface area contributed by atoms with Gasteiger partial charge >= 0.3 is 157 Å². The van der Waals surface area contributed by atoms with Gasteiger partial charge in [-0.3, -0.25) is 0 Å². The molecule has 0 aliphatic heterocycles. The molecular formula is C22H44OSn. The summed E-state index contributed by atoms with van der Waals surface area (Å²) in [6, 6.07) is 0. The van der Waals surface area contributed by atoms with Gasteiger partial charge in [-0.2, -0.15) is 0 Å². The van der Waals surface area contributed by atoms with Crippen LogP contribution in [0.25, 0.3) is 0 Å². The van der Waals surface area contributed by atoms with Crippen LogP contribution in [0.5, 0.6) is 0 Å². The van der Waals surface area contributed by atoms with Crippen LogP contribution in [0.15, 0.2) is 21.8 Å². The van der Waals surface area contributed by atoms with Crippen LogP contribution in [0.3, 0.4) is 0 Å². The molecule has 0 bridgehead atoms. The van der Waals surface area contributed by atoms with Gasteiger partial charge in [-0.05, 0) is 0 Å². The molecule has 142 valence electrons. The van der Waals surface area contributed by atoms with Crippen LogP contribution in [0.1, 0.15) is 92.4 Å². The van der Waals surface area contributed by atoms with Crippen molar-refractivity contribution < 1.29 is 5.11 Å². The average Bonchev–Trinajstić information content (AvgIpc) is 2.58. The quantitative estimate of drug-likeness (QED) is 0.159. The van der Waals surface area contributed by atoms with E-state index in [1.165, 1.54) is 74.7 Å². The molecule has 0 aromatic carbocycles. The Hall–Kier alpha value is 0.239. The number of aliphatic hydroxyl groups is 1. The number of rotatable bonds is 15. The van der Waals surface area contributed by atoms with Crippen LogP contribution in [0.4, 0.5) is 0 Å². The molecule has 0 heterocycles. The van der Waals surface area contributed by atoms with Crippen molar-refractivity contribution in [3.8, 4) is 0 Å². The van der Waals surface area contributed by atoms with Gasteiger partial charge in [0.05, 0.1) is 0 Å². The van der Waals surface area contributed by atoms with Gasteiger partial charge in [0.15, 0.2) is 0 Å². The van der Waals surface area contributed by atoms with Gasteiger partial charge in [-0.1, -0.05) is 0 Å². The Bertz CT molecular complexity index is 322. The van der Waals surface area contributed by atoms with Crippen molar-refractivity contribution in [2.75, 3.05) is 0 Å². The molecule has 1 unspecified atom stereocenters. The van der Waals surface area contributed by atoms with Crippen molar-refractivity contribution in [2.24, 2.45) is 0 Å². The first-order valence-corrected chi connectivity index (χ1v) is 18.1. The first-order chi connectivity index (χ1) is 11.6.